The number of anilines is 1. The Morgan fingerprint density at radius 1 is 1.19 bits per heavy atom. The number of carboxylic acids is 1. The van der Waals surface area contributed by atoms with Gasteiger partial charge in [0.25, 0.3) is 0 Å². The van der Waals surface area contributed by atoms with E-state index in [1.54, 1.807) is 12.1 Å². The number of halogens is 1. The zero-order chi connectivity index (χ0) is 21.6. The van der Waals surface area contributed by atoms with Crippen LogP contribution in [0.15, 0.2) is 47.0 Å². The average molecular weight is 423 g/mol. The van der Waals surface area contributed by atoms with Crippen LogP contribution in [0.4, 0.5) is 10.2 Å². The Labute approximate surface area is 180 Å². The lowest BCUT2D eigenvalue weighted by atomic mass is 9.91. The summed E-state index contributed by atoms with van der Waals surface area (Å²) < 4.78 is 19.0. The second-order valence-corrected chi connectivity index (χ2v) is 8.03. The SMILES string of the molecule is O=C(O)CC(Cc1cc(CCCc2ccc3c(n2)NCCC3)no1)c1cccc(F)c1. The third kappa shape index (κ3) is 5.69. The van der Waals surface area contributed by atoms with Gasteiger partial charge in [0.05, 0.1) is 12.1 Å². The average Bonchev–Trinajstić information content (AvgIpc) is 3.20. The van der Waals surface area contributed by atoms with Crippen molar-refractivity contribution in [2.45, 2.75) is 50.9 Å². The number of nitrogens with one attached hydrogen (secondary N) is 1. The standard InChI is InChI=1S/C24H26FN3O3/c25-19-6-1-4-17(12-19)18(14-23(29)30)13-22-15-21(28-31-22)8-2-7-20-10-9-16-5-3-11-26-24(16)27-20/h1,4,6,9-10,12,15,18H,2-3,5,7-8,11,13-14H2,(H,26,27)(H,29,30). The number of nitrogens with zero attached hydrogens (tertiary/aromatic N) is 2. The number of benzene rings is 1. The van der Waals surface area contributed by atoms with Crippen molar-refractivity contribution in [3.05, 3.63) is 76.6 Å². The molecule has 2 N–H and O–H groups in total. The number of carbonyl (C=O) groups is 1. The van der Waals surface area contributed by atoms with Gasteiger partial charge in [-0.25, -0.2) is 9.37 Å². The van der Waals surface area contributed by atoms with Crippen molar-refractivity contribution in [3.8, 4) is 0 Å². The molecule has 3 heterocycles. The van der Waals surface area contributed by atoms with Crippen LogP contribution in [-0.2, 0) is 30.5 Å². The molecule has 0 saturated heterocycles. The highest BCUT2D eigenvalue weighted by Crippen LogP contribution is 2.26. The summed E-state index contributed by atoms with van der Waals surface area (Å²) in [5.74, 6) is -0.0599. The molecule has 1 aromatic carbocycles. The first-order valence-corrected chi connectivity index (χ1v) is 10.7. The minimum Gasteiger partial charge on any atom is -0.481 e. The summed E-state index contributed by atoms with van der Waals surface area (Å²) in [6, 6.07) is 12.2. The van der Waals surface area contributed by atoms with E-state index >= 15 is 0 Å². The molecule has 1 atom stereocenters. The first-order chi connectivity index (χ1) is 15.1. The molecule has 162 valence electrons. The van der Waals surface area contributed by atoms with Gasteiger partial charge in [0.2, 0.25) is 0 Å². The van der Waals surface area contributed by atoms with E-state index in [9.17, 15) is 14.3 Å². The molecule has 6 nitrogen and oxygen atoms in total. The number of carboxylic acid groups (broad SMARTS) is 1. The molecule has 1 unspecified atom stereocenters. The smallest absolute Gasteiger partial charge is 0.303 e. The number of rotatable bonds is 9. The van der Waals surface area contributed by atoms with Crippen molar-refractivity contribution < 1.29 is 18.8 Å². The Morgan fingerprint density at radius 2 is 2.06 bits per heavy atom. The largest absolute Gasteiger partial charge is 0.481 e. The number of hydrogen-bond acceptors (Lipinski definition) is 5. The molecular weight excluding hydrogens is 397 g/mol. The summed E-state index contributed by atoms with van der Waals surface area (Å²) in [7, 11) is 0. The molecule has 0 saturated carbocycles. The Bertz CT molecular complexity index is 1050. The molecular formula is C24H26FN3O3. The van der Waals surface area contributed by atoms with E-state index in [2.05, 4.69) is 22.6 Å². The topological polar surface area (TPSA) is 88.2 Å². The van der Waals surface area contributed by atoms with Crippen LogP contribution < -0.4 is 5.32 Å². The second kappa shape index (κ2) is 9.73. The van der Waals surface area contributed by atoms with E-state index in [0.717, 1.165) is 55.9 Å². The third-order valence-corrected chi connectivity index (χ3v) is 5.61. The molecule has 1 aliphatic rings. The van der Waals surface area contributed by atoms with Crippen molar-refractivity contribution in [1.82, 2.24) is 10.1 Å². The van der Waals surface area contributed by atoms with Crippen LogP contribution in [0.1, 0.15) is 53.5 Å². The van der Waals surface area contributed by atoms with Gasteiger partial charge >= 0.3 is 5.97 Å². The first-order valence-electron chi connectivity index (χ1n) is 10.7. The molecule has 2 aromatic heterocycles. The number of hydrogen-bond donors (Lipinski definition) is 2. The lowest BCUT2D eigenvalue weighted by Gasteiger charge is -2.17. The van der Waals surface area contributed by atoms with E-state index in [1.807, 2.05) is 6.07 Å². The minimum absolute atomic E-state index is 0.0997. The van der Waals surface area contributed by atoms with Gasteiger partial charge in [-0.1, -0.05) is 23.4 Å². The van der Waals surface area contributed by atoms with Crippen LogP contribution in [-0.4, -0.2) is 27.8 Å². The van der Waals surface area contributed by atoms with Gasteiger partial charge < -0.3 is 14.9 Å². The highest BCUT2D eigenvalue weighted by molar-refractivity contribution is 5.68. The van der Waals surface area contributed by atoms with Crippen molar-refractivity contribution in [2.75, 3.05) is 11.9 Å². The van der Waals surface area contributed by atoms with E-state index in [0.29, 0.717) is 17.7 Å². The monoisotopic (exact) mass is 423 g/mol. The highest BCUT2D eigenvalue weighted by atomic mass is 19.1. The van der Waals surface area contributed by atoms with E-state index in [4.69, 9.17) is 9.51 Å². The van der Waals surface area contributed by atoms with Crippen LogP contribution in [0.25, 0.3) is 0 Å². The molecule has 0 amide bonds. The molecule has 3 aromatic rings. The molecule has 0 fully saturated rings. The molecule has 31 heavy (non-hydrogen) atoms. The quantitative estimate of drug-likeness (QED) is 0.525. The maximum Gasteiger partial charge on any atom is 0.303 e. The van der Waals surface area contributed by atoms with Crippen molar-refractivity contribution in [1.29, 1.82) is 0 Å². The van der Waals surface area contributed by atoms with Crippen LogP contribution in [0.3, 0.4) is 0 Å². The molecule has 0 spiro atoms. The molecule has 7 heteroatoms. The van der Waals surface area contributed by atoms with Crippen LogP contribution in [0.5, 0.6) is 0 Å². The normalized spacial score (nSPS) is 14.0. The van der Waals surface area contributed by atoms with Gasteiger partial charge in [-0.15, -0.1) is 0 Å². The number of pyridine rings is 1. The number of aromatic nitrogens is 2. The molecule has 0 bridgehead atoms. The van der Waals surface area contributed by atoms with E-state index in [1.165, 1.54) is 17.7 Å². The van der Waals surface area contributed by atoms with E-state index in [-0.39, 0.29) is 18.2 Å². The summed E-state index contributed by atoms with van der Waals surface area (Å²) in [6.45, 7) is 0.976. The summed E-state index contributed by atoms with van der Waals surface area (Å²) in [4.78, 5) is 16.0. The molecule has 0 aliphatic carbocycles. The lowest BCUT2D eigenvalue weighted by molar-refractivity contribution is -0.137. The Balaban J connectivity index is 1.34. The zero-order valence-electron chi connectivity index (χ0n) is 17.3. The summed E-state index contributed by atoms with van der Waals surface area (Å²) in [6.07, 6.45) is 4.98. The summed E-state index contributed by atoms with van der Waals surface area (Å²) in [5, 5.41) is 16.7. The molecule has 4 rings (SSSR count). The summed E-state index contributed by atoms with van der Waals surface area (Å²) >= 11 is 0. The highest BCUT2D eigenvalue weighted by Gasteiger charge is 2.19. The number of fused-ring (bicyclic) bond motifs is 1. The molecule has 1 aliphatic heterocycles. The maximum atomic E-state index is 13.6. The fourth-order valence-corrected chi connectivity index (χ4v) is 4.05. The summed E-state index contributed by atoms with van der Waals surface area (Å²) in [5.41, 5.74) is 3.82. The lowest BCUT2D eigenvalue weighted by Crippen LogP contribution is -2.14. The maximum absolute atomic E-state index is 13.6. The van der Waals surface area contributed by atoms with Gasteiger partial charge in [-0.05, 0) is 61.4 Å². The first kappa shape index (κ1) is 21.0. The molecule has 0 radical (unpaired) electrons. The fraction of sp³-hybridized carbons (Fsp3) is 0.375. The Hall–Kier alpha value is -3.22. The predicted octanol–water partition coefficient (Wildman–Crippen LogP) is 4.54. The Morgan fingerprint density at radius 3 is 2.90 bits per heavy atom. The van der Waals surface area contributed by atoms with Gasteiger partial charge in [0.1, 0.15) is 17.4 Å². The van der Waals surface area contributed by atoms with Crippen molar-refractivity contribution in [2.24, 2.45) is 0 Å². The van der Waals surface area contributed by atoms with Gasteiger partial charge in [0, 0.05) is 30.6 Å². The van der Waals surface area contributed by atoms with Gasteiger partial charge in [-0.2, -0.15) is 0 Å². The number of aliphatic carboxylic acids is 1. The zero-order valence-corrected chi connectivity index (χ0v) is 17.3. The van der Waals surface area contributed by atoms with Gasteiger partial charge in [-0.3, -0.25) is 4.79 Å². The van der Waals surface area contributed by atoms with Crippen LogP contribution in [0.2, 0.25) is 0 Å². The Kier molecular flexibility index (Phi) is 6.60. The fourth-order valence-electron chi connectivity index (χ4n) is 4.05. The third-order valence-electron chi connectivity index (χ3n) is 5.61. The van der Waals surface area contributed by atoms with Crippen LogP contribution in [0, 0.1) is 5.82 Å². The van der Waals surface area contributed by atoms with Crippen molar-refractivity contribution >= 4 is 11.8 Å². The number of aryl methyl sites for hydroxylation is 3. The minimum atomic E-state index is -0.930. The van der Waals surface area contributed by atoms with Gasteiger partial charge in [0.15, 0.2) is 0 Å². The second-order valence-electron chi connectivity index (χ2n) is 8.03. The van der Waals surface area contributed by atoms with Crippen molar-refractivity contribution in [3.63, 3.8) is 0 Å². The predicted molar refractivity (Wildman–Crippen MR) is 115 cm³/mol. The van der Waals surface area contributed by atoms with Crippen LogP contribution >= 0.6 is 0 Å². The van der Waals surface area contributed by atoms with E-state index < -0.39 is 5.97 Å².